The zero-order chi connectivity index (χ0) is 15.8. The van der Waals surface area contributed by atoms with Gasteiger partial charge in [0.05, 0.1) is 6.54 Å². The van der Waals surface area contributed by atoms with Crippen LogP contribution >= 0.6 is 24.0 Å². The summed E-state index contributed by atoms with van der Waals surface area (Å²) in [6.45, 7) is 12.9. The molecule has 1 heterocycles. The Hall–Kier alpha value is -0.900. The van der Waals surface area contributed by atoms with Crippen molar-refractivity contribution in [1.82, 2.24) is 25.7 Å². The molecule has 0 unspecified atom stereocenters. The van der Waals surface area contributed by atoms with Crippen molar-refractivity contribution >= 4 is 29.9 Å². The maximum atomic E-state index is 5.05. The first kappa shape index (κ1) is 21.1. The minimum Gasteiger partial charge on any atom is -0.355 e. The minimum absolute atomic E-state index is 0. The van der Waals surface area contributed by atoms with Gasteiger partial charge in [-0.3, -0.25) is 9.89 Å². The number of aryl methyl sites for hydroxylation is 1. The predicted molar refractivity (Wildman–Crippen MR) is 99.6 cm³/mol. The van der Waals surface area contributed by atoms with Gasteiger partial charge in [0.25, 0.3) is 0 Å². The molecule has 2 N–H and O–H groups in total. The van der Waals surface area contributed by atoms with Crippen LogP contribution < -0.4 is 10.6 Å². The van der Waals surface area contributed by atoms with E-state index >= 15 is 0 Å². The lowest BCUT2D eigenvalue weighted by molar-refractivity contribution is 0.178. The minimum atomic E-state index is 0. The molecule has 128 valence electrons. The Kier molecular flexibility index (Phi) is 10.3. The topological polar surface area (TPSA) is 78.6 Å². The Bertz CT molecular complexity index is 438. The van der Waals surface area contributed by atoms with Gasteiger partial charge in [-0.15, -0.1) is 24.0 Å². The number of rotatable bonds is 7. The molecule has 1 rings (SSSR count). The lowest BCUT2D eigenvalue weighted by atomic mass is 10.2. The van der Waals surface area contributed by atoms with Crippen LogP contribution in [0.3, 0.4) is 0 Å². The van der Waals surface area contributed by atoms with Gasteiger partial charge < -0.3 is 15.2 Å². The Balaban J connectivity index is 0.00000441. The Labute approximate surface area is 150 Å². The quantitative estimate of drug-likeness (QED) is 0.395. The van der Waals surface area contributed by atoms with Crippen molar-refractivity contribution in [2.75, 3.05) is 20.1 Å². The van der Waals surface area contributed by atoms with Crippen LogP contribution in [0, 0.1) is 6.92 Å². The number of nitrogens with one attached hydrogen (secondary N) is 2. The fraction of sp³-hybridized carbons (Fsp3) is 0.786. The second-order valence-corrected chi connectivity index (χ2v) is 5.51. The number of halogens is 1. The second kappa shape index (κ2) is 10.8. The fourth-order valence-corrected chi connectivity index (χ4v) is 2.21. The van der Waals surface area contributed by atoms with Crippen LogP contribution in [0.15, 0.2) is 9.52 Å². The molecule has 0 bridgehead atoms. The third kappa shape index (κ3) is 7.39. The molecule has 8 heteroatoms. The van der Waals surface area contributed by atoms with E-state index in [2.05, 4.69) is 58.4 Å². The molecular formula is C14H29IN6O. The standard InChI is InChI=1S/C14H28N6O.HI/c1-10(2)20(11(3)4)8-7-16-14(15-6)17-9-13-18-12(5)19-21-13;/h10-11H,7-9H2,1-6H3,(H2,15,16,17);1H. The molecular weight excluding hydrogens is 395 g/mol. The third-order valence-electron chi connectivity index (χ3n) is 3.19. The van der Waals surface area contributed by atoms with E-state index in [9.17, 15) is 0 Å². The molecule has 0 atom stereocenters. The van der Waals surface area contributed by atoms with Crippen molar-refractivity contribution in [3.8, 4) is 0 Å². The Morgan fingerprint density at radius 3 is 2.32 bits per heavy atom. The molecule has 0 fully saturated rings. The van der Waals surface area contributed by atoms with Crippen LogP contribution in [0.25, 0.3) is 0 Å². The van der Waals surface area contributed by atoms with Crippen molar-refractivity contribution in [3.63, 3.8) is 0 Å². The van der Waals surface area contributed by atoms with E-state index in [0.717, 1.165) is 19.0 Å². The van der Waals surface area contributed by atoms with Crippen molar-refractivity contribution in [3.05, 3.63) is 11.7 Å². The highest BCUT2D eigenvalue weighted by molar-refractivity contribution is 14.0. The van der Waals surface area contributed by atoms with E-state index in [1.54, 1.807) is 14.0 Å². The van der Waals surface area contributed by atoms with Crippen LogP contribution in [0.5, 0.6) is 0 Å². The predicted octanol–water partition coefficient (Wildman–Crippen LogP) is 1.78. The van der Waals surface area contributed by atoms with Gasteiger partial charge in [0, 0.05) is 32.2 Å². The van der Waals surface area contributed by atoms with E-state index in [1.807, 2.05) is 0 Å². The van der Waals surface area contributed by atoms with Gasteiger partial charge in [0.15, 0.2) is 11.8 Å². The summed E-state index contributed by atoms with van der Waals surface area (Å²) in [7, 11) is 1.75. The summed E-state index contributed by atoms with van der Waals surface area (Å²) in [5.74, 6) is 1.93. The van der Waals surface area contributed by atoms with Gasteiger partial charge in [-0.25, -0.2) is 0 Å². The monoisotopic (exact) mass is 424 g/mol. The first-order valence-electron chi connectivity index (χ1n) is 7.43. The average molecular weight is 424 g/mol. The van der Waals surface area contributed by atoms with Crippen molar-refractivity contribution < 1.29 is 4.52 Å². The first-order chi connectivity index (χ1) is 9.93. The summed E-state index contributed by atoms with van der Waals surface area (Å²) in [5.41, 5.74) is 0. The number of guanidine groups is 1. The van der Waals surface area contributed by atoms with Crippen LogP contribution in [0.1, 0.15) is 39.4 Å². The largest absolute Gasteiger partial charge is 0.355 e. The van der Waals surface area contributed by atoms with E-state index in [0.29, 0.717) is 30.3 Å². The van der Waals surface area contributed by atoms with Crippen LogP contribution in [0.2, 0.25) is 0 Å². The van der Waals surface area contributed by atoms with Gasteiger partial charge in [-0.1, -0.05) is 5.16 Å². The maximum Gasteiger partial charge on any atom is 0.246 e. The number of hydrogen-bond acceptors (Lipinski definition) is 5. The molecule has 0 radical (unpaired) electrons. The summed E-state index contributed by atoms with van der Waals surface area (Å²) in [5, 5.41) is 10.2. The van der Waals surface area contributed by atoms with Gasteiger partial charge >= 0.3 is 0 Å². The van der Waals surface area contributed by atoms with Crippen molar-refractivity contribution in [2.45, 2.75) is 53.2 Å². The molecule has 0 aliphatic rings. The van der Waals surface area contributed by atoms with Gasteiger partial charge in [0.1, 0.15) is 0 Å². The van der Waals surface area contributed by atoms with Crippen LogP contribution in [-0.2, 0) is 6.54 Å². The second-order valence-electron chi connectivity index (χ2n) is 5.51. The summed E-state index contributed by atoms with van der Waals surface area (Å²) in [4.78, 5) is 10.8. The van der Waals surface area contributed by atoms with Gasteiger partial charge in [-0.05, 0) is 34.6 Å². The molecule has 0 aliphatic heterocycles. The molecule has 0 spiro atoms. The molecule has 1 aromatic rings. The molecule has 0 aliphatic carbocycles. The molecule has 0 aromatic carbocycles. The number of nitrogens with zero attached hydrogens (tertiary/aromatic N) is 4. The number of hydrogen-bond donors (Lipinski definition) is 2. The number of aliphatic imine (C=N–C) groups is 1. The molecule has 1 aromatic heterocycles. The fourth-order valence-electron chi connectivity index (χ4n) is 2.21. The van der Waals surface area contributed by atoms with E-state index in [-0.39, 0.29) is 24.0 Å². The highest BCUT2D eigenvalue weighted by atomic mass is 127. The molecule has 0 saturated heterocycles. The first-order valence-corrected chi connectivity index (χ1v) is 7.43. The van der Waals surface area contributed by atoms with Gasteiger partial charge in [-0.2, -0.15) is 4.98 Å². The smallest absolute Gasteiger partial charge is 0.246 e. The highest BCUT2D eigenvalue weighted by Gasteiger charge is 2.12. The maximum absolute atomic E-state index is 5.05. The molecule has 0 saturated carbocycles. The molecule has 0 amide bonds. The highest BCUT2D eigenvalue weighted by Crippen LogP contribution is 2.03. The third-order valence-corrected chi connectivity index (χ3v) is 3.19. The zero-order valence-electron chi connectivity index (χ0n) is 14.4. The van der Waals surface area contributed by atoms with E-state index in [4.69, 9.17) is 4.52 Å². The van der Waals surface area contributed by atoms with E-state index < -0.39 is 0 Å². The lowest BCUT2D eigenvalue weighted by Crippen LogP contribution is -2.45. The Morgan fingerprint density at radius 2 is 1.86 bits per heavy atom. The molecule has 22 heavy (non-hydrogen) atoms. The average Bonchev–Trinajstić information content (AvgIpc) is 2.82. The van der Waals surface area contributed by atoms with E-state index in [1.165, 1.54) is 0 Å². The summed E-state index contributed by atoms with van der Waals surface area (Å²) in [6.07, 6.45) is 0. The zero-order valence-corrected chi connectivity index (χ0v) is 16.7. The van der Waals surface area contributed by atoms with Crippen molar-refractivity contribution in [1.29, 1.82) is 0 Å². The SMILES string of the molecule is CN=C(NCCN(C(C)C)C(C)C)NCc1nc(C)no1.I. The van der Waals surface area contributed by atoms with Crippen molar-refractivity contribution in [2.24, 2.45) is 4.99 Å². The number of aromatic nitrogens is 2. The normalized spacial score (nSPS) is 12.0. The molecule has 7 nitrogen and oxygen atoms in total. The Morgan fingerprint density at radius 1 is 1.23 bits per heavy atom. The van der Waals surface area contributed by atoms with Gasteiger partial charge in [0.2, 0.25) is 5.89 Å². The van der Waals surface area contributed by atoms with Crippen LogP contribution in [-0.4, -0.2) is 53.2 Å². The summed E-state index contributed by atoms with van der Waals surface area (Å²) < 4.78 is 5.05. The van der Waals surface area contributed by atoms with Crippen LogP contribution in [0.4, 0.5) is 0 Å². The lowest BCUT2D eigenvalue weighted by Gasteiger charge is -2.30. The summed E-state index contributed by atoms with van der Waals surface area (Å²) >= 11 is 0. The summed E-state index contributed by atoms with van der Waals surface area (Å²) in [6, 6.07) is 1.06.